The second kappa shape index (κ2) is 5.96. The number of nitrogens with zero attached hydrogens (tertiary/aromatic N) is 2. The van der Waals surface area contributed by atoms with Crippen LogP contribution < -0.4 is 5.32 Å². The summed E-state index contributed by atoms with van der Waals surface area (Å²) in [6.45, 7) is 1.67. The third-order valence-corrected chi connectivity index (χ3v) is 3.37. The number of amides is 1. The fraction of sp³-hybridized carbons (Fsp3) is 0.462. The molecule has 1 amide bonds. The maximum atomic E-state index is 13.6. The van der Waals surface area contributed by atoms with Crippen molar-refractivity contribution in [2.24, 2.45) is 0 Å². The van der Waals surface area contributed by atoms with E-state index >= 15 is 0 Å². The average Bonchev–Trinajstić information content (AvgIpc) is 2.38. The molecule has 1 aliphatic rings. The van der Waals surface area contributed by atoms with Gasteiger partial charge in [-0.25, -0.2) is 4.39 Å². The van der Waals surface area contributed by atoms with Crippen LogP contribution in [0.4, 0.5) is 10.1 Å². The highest BCUT2D eigenvalue weighted by atomic mass is 19.1. The van der Waals surface area contributed by atoms with Crippen LogP contribution in [0.3, 0.4) is 0 Å². The van der Waals surface area contributed by atoms with Crippen molar-refractivity contribution in [1.82, 2.24) is 10.2 Å². The van der Waals surface area contributed by atoms with Gasteiger partial charge in [-0.1, -0.05) is 0 Å². The number of benzene rings is 1. The van der Waals surface area contributed by atoms with Gasteiger partial charge in [-0.05, 0) is 32.5 Å². The van der Waals surface area contributed by atoms with E-state index in [0.29, 0.717) is 6.54 Å². The molecule has 1 aromatic rings. The number of carbonyl (C=O) groups is 1. The number of hydrogen-bond donors (Lipinski definition) is 1. The van der Waals surface area contributed by atoms with Gasteiger partial charge in [0.05, 0.1) is 10.5 Å². The molecule has 0 saturated carbocycles. The Hall–Kier alpha value is -2.02. The predicted octanol–water partition coefficient (Wildman–Crippen LogP) is 1.56. The number of rotatable bonds is 3. The molecule has 20 heavy (non-hydrogen) atoms. The highest BCUT2D eigenvalue weighted by Crippen LogP contribution is 2.17. The number of nitro groups is 1. The van der Waals surface area contributed by atoms with E-state index in [9.17, 15) is 19.3 Å². The minimum Gasteiger partial charge on any atom is -0.348 e. The largest absolute Gasteiger partial charge is 0.348 e. The monoisotopic (exact) mass is 281 g/mol. The summed E-state index contributed by atoms with van der Waals surface area (Å²) in [5.74, 6) is -1.36. The molecule has 0 bridgehead atoms. The van der Waals surface area contributed by atoms with Crippen LogP contribution in [0.2, 0.25) is 0 Å². The Bertz CT molecular complexity index is 536. The minimum absolute atomic E-state index is 0.0556. The first-order chi connectivity index (χ1) is 9.47. The van der Waals surface area contributed by atoms with Crippen molar-refractivity contribution in [2.45, 2.75) is 18.9 Å². The quantitative estimate of drug-likeness (QED) is 0.674. The van der Waals surface area contributed by atoms with Crippen LogP contribution in [-0.2, 0) is 0 Å². The molecular weight excluding hydrogens is 265 g/mol. The SMILES string of the molecule is CN1CCCC(NC(=O)c2cc([N+](=O)[O-])ccc2F)C1. The van der Waals surface area contributed by atoms with Crippen LogP contribution in [0, 0.1) is 15.9 Å². The molecule has 1 atom stereocenters. The Morgan fingerprint density at radius 2 is 2.30 bits per heavy atom. The second-order valence-corrected chi connectivity index (χ2v) is 5.00. The van der Waals surface area contributed by atoms with Crippen molar-refractivity contribution in [1.29, 1.82) is 0 Å². The first-order valence-corrected chi connectivity index (χ1v) is 6.40. The van der Waals surface area contributed by atoms with Crippen LogP contribution in [0.1, 0.15) is 23.2 Å². The smallest absolute Gasteiger partial charge is 0.270 e. The van der Waals surface area contributed by atoms with E-state index < -0.39 is 16.6 Å². The van der Waals surface area contributed by atoms with Crippen molar-refractivity contribution in [3.05, 3.63) is 39.7 Å². The van der Waals surface area contributed by atoms with E-state index in [1.54, 1.807) is 0 Å². The van der Waals surface area contributed by atoms with Crippen molar-refractivity contribution in [3.8, 4) is 0 Å². The lowest BCUT2D eigenvalue weighted by Crippen LogP contribution is -2.46. The highest BCUT2D eigenvalue weighted by molar-refractivity contribution is 5.95. The number of nitro benzene ring substituents is 1. The fourth-order valence-corrected chi connectivity index (χ4v) is 2.35. The van der Waals surface area contributed by atoms with Gasteiger partial charge >= 0.3 is 0 Å². The van der Waals surface area contributed by atoms with Gasteiger partial charge in [-0.15, -0.1) is 0 Å². The molecule has 1 aliphatic heterocycles. The summed E-state index contributed by atoms with van der Waals surface area (Å²) >= 11 is 0. The number of likely N-dealkylation sites (N-methyl/N-ethyl adjacent to an activating group) is 1. The molecule has 1 aromatic carbocycles. The third kappa shape index (κ3) is 3.30. The van der Waals surface area contributed by atoms with Crippen LogP contribution >= 0.6 is 0 Å². The van der Waals surface area contributed by atoms with Gasteiger partial charge in [0, 0.05) is 24.7 Å². The lowest BCUT2D eigenvalue weighted by Gasteiger charge is -2.30. The number of non-ortho nitro benzene ring substituents is 1. The Balaban J connectivity index is 2.12. The zero-order valence-corrected chi connectivity index (χ0v) is 11.1. The van der Waals surface area contributed by atoms with Crippen LogP contribution in [0.5, 0.6) is 0 Å². The van der Waals surface area contributed by atoms with Gasteiger partial charge in [-0.2, -0.15) is 0 Å². The number of nitrogens with one attached hydrogen (secondary N) is 1. The molecule has 2 rings (SSSR count). The van der Waals surface area contributed by atoms with Crippen molar-refractivity contribution < 1.29 is 14.1 Å². The lowest BCUT2D eigenvalue weighted by molar-refractivity contribution is -0.384. The first kappa shape index (κ1) is 14.4. The van der Waals surface area contributed by atoms with E-state index in [2.05, 4.69) is 10.2 Å². The summed E-state index contributed by atoms with van der Waals surface area (Å²) in [6.07, 6.45) is 1.78. The third-order valence-electron chi connectivity index (χ3n) is 3.37. The molecule has 108 valence electrons. The molecule has 1 heterocycles. The standard InChI is InChI=1S/C13H16FN3O3/c1-16-6-2-3-9(8-16)15-13(18)11-7-10(17(19)20)4-5-12(11)14/h4-5,7,9H,2-3,6,8H2,1H3,(H,15,18). The van der Waals surface area contributed by atoms with Crippen molar-refractivity contribution in [3.63, 3.8) is 0 Å². The normalized spacial score (nSPS) is 19.6. The molecule has 0 spiro atoms. The van der Waals surface area contributed by atoms with Crippen LogP contribution in [-0.4, -0.2) is 41.9 Å². The fourth-order valence-electron chi connectivity index (χ4n) is 2.35. The Morgan fingerprint density at radius 1 is 1.55 bits per heavy atom. The van der Waals surface area contributed by atoms with Gasteiger partial charge < -0.3 is 10.2 Å². The minimum atomic E-state index is -0.753. The van der Waals surface area contributed by atoms with Crippen molar-refractivity contribution in [2.75, 3.05) is 20.1 Å². The molecule has 0 aliphatic carbocycles. The number of hydrogen-bond acceptors (Lipinski definition) is 4. The molecule has 1 saturated heterocycles. The maximum absolute atomic E-state index is 13.6. The summed E-state index contributed by atoms with van der Waals surface area (Å²) in [5.41, 5.74) is -0.579. The first-order valence-electron chi connectivity index (χ1n) is 6.40. The summed E-state index contributed by atoms with van der Waals surface area (Å²) in [4.78, 5) is 24.1. The molecular formula is C13H16FN3O3. The topological polar surface area (TPSA) is 75.5 Å². The van der Waals surface area contributed by atoms with Gasteiger partial charge in [0.15, 0.2) is 0 Å². The van der Waals surface area contributed by atoms with Gasteiger partial charge in [0.25, 0.3) is 11.6 Å². The van der Waals surface area contributed by atoms with E-state index in [-0.39, 0.29) is 17.3 Å². The zero-order chi connectivity index (χ0) is 14.7. The predicted molar refractivity (Wildman–Crippen MR) is 71.0 cm³/mol. The highest BCUT2D eigenvalue weighted by Gasteiger charge is 2.22. The summed E-state index contributed by atoms with van der Waals surface area (Å²) in [6, 6.07) is 2.90. The summed E-state index contributed by atoms with van der Waals surface area (Å²) < 4.78 is 13.6. The average molecular weight is 281 g/mol. The summed E-state index contributed by atoms with van der Waals surface area (Å²) in [7, 11) is 1.95. The molecule has 1 N–H and O–H groups in total. The number of halogens is 1. The van der Waals surface area contributed by atoms with Gasteiger partial charge in [0.2, 0.25) is 0 Å². The lowest BCUT2D eigenvalue weighted by atomic mass is 10.1. The molecule has 0 aromatic heterocycles. The van der Waals surface area contributed by atoms with Crippen LogP contribution in [0.25, 0.3) is 0 Å². The zero-order valence-electron chi connectivity index (χ0n) is 11.1. The molecule has 1 unspecified atom stereocenters. The number of likely N-dealkylation sites (tertiary alicyclic amines) is 1. The Labute approximate surface area is 115 Å². The number of piperidine rings is 1. The Morgan fingerprint density at radius 3 is 2.95 bits per heavy atom. The van der Waals surface area contributed by atoms with E-state index in [1.165, 1.54) is 0 Å². The van der Waals surface area contributed by atoms with E-state index in [4.69, 9.17) is 0 Å². The molecule has 7 heteroatoms. The van der Waals surface area contributed by atoms with Gasteiger partial charge in [0.1, 0.15) is 5.82 Å². The van der Waals surface area contributed by atoms with E-state index in [1.807, 2.05) is 7.05 Å². The van der Waals surface area contributed by atoms with E-state index in [0.717, 1.165) is 37.6 Å². The molecule has 6 nitrogen and oxygen atoms in total. The maximum Gasteiger partial charge on any atom is 0.270 e. The number of carbonyl (C=O) groups excluding carboxylic acids is 1. The Kier molecular flexibility index (Phi) is 4.29. The van der Waals surface area contributed by atoms with Crippen molar-refractivity contribution >= 4 is 11.6 Å². The summed E-state index contributed by atoms with van der Waals surface area (Å²) in [5, 5.41) is 13.4. The van der Waals surface area contributed by atoms with Crippen LogP contribution in [0.15, 0.2) is 18.2 Å². The van der Waals surface area contributed by atoms with Gasteiger partial charge in [-0.3, -0.25) is 14.9 Å². The molecule has 1 fully saturated rings. The molecule has 0 radical (unpaired) electrons. The second-order valence-electron chi connectivity index (χ2n) is 5.00.